The Labute approximate surface area is 104 Å². The number of nitrogens with zero attached hydrogens (tertiary/aromatic N) is 1. The zero-order chi connectivity index (χ0) is 12.3. The van der Waals surface area contributed by atoms with Crippen LogP contribution in [0.5, 0.6) is 0 Å². The first-order valence-corrected chi connectivity index (χ1v) is 6.22. The second-order valence-electron chi connectivity index (χ2n) is 3.81. The van der Waals surface area contributed by atoms with E-state index in [1.807, 2.05) is 13.0 Å². The number of aromatic nitrogens is 2. The van der Waals surface area contributed by atoms with Crippen molar-refractivity contribution in [1.82, 2.24) is 9.97 Å². The molecule has 2 rings (SSSR count). The molecule has 0 spiro atoms. The SMILES string of the molecule is CC(N)C(Sc1ncc[nH]1)c1ccccc1F. The average molecular weight is 251 g/mol. The summed E-state index contributed by atoms with van der Waals surface area (Å²) in [6.45, 7) is 1.87. The predicted octanol–water partition coefficient (Wildman–Crippen LogP) is 2.73. The van der Waals surface area contributed by atoms with Gasteiger partial charge in [0, 0.05) is 24.0 Å². The summed E-state index contributed by atoms with van der Waals surface area (Å²) >= 11 is 1.44. The lowest BCUT2D eigenvalue weighted by atomic mass is 10.1. The maximum Gasteiger partial charge on any atom is 0.165 e. The van der Waals surface area contributed by atoms with E-state index in [1.165, 1.54) is 17.8 Å². The molecule has 3 N–H and O–H groups in total. The van der Waals surface area contributed by atoms with Crippen molar-refractivity contribution in [2.45, 2.75) is 23.4 Å². The quantitative estimate of drug-likeness (QED) is 0.821. The molecule has 1 aromatic heterocycles. The highest BCUT2D eigenvalue weighted by molar-refractivity contribution is 7.99. The van der Waals surface area contributed by atoms with Crippen molar-refractivity contribution in [2.75, 3.05) is 0 Å². The van der Waals surface area contributed by atoms with E-state index in [0.29, 0.717) is 5.56 Å². The van der Waals surface area contributed by atoms with Gasteiger partial charge in [0.1, 0.15) is 5.82 Å². The minimum Gasteiger partial charge on any atom is -0.340 e. The summed E-state index contributed by atoms with van der Waals surface area (Å²) in [5.41, 5.74) is 6.54. The van der Waals surface area contributed by atoms with Crippen LogP contribution < -0.4 is 5.73 Å². The van der Waals surface area contributed by atoms with E-state index < -0.39 is 0 Å². The number of imidazole rings is 1. The molecule has 1 aromatic carbocycles. The van der Waals surface area contributed by atoms with Crippen molar-refractivity contribution in [3.05, 3.63) is 48.0 Å². The highest BCUT2D eigenvalue weighted by Gasteiger charge is 2.21. The van der Waals surface area contributed by atoms with Gasteiger partial charge in [-0.25, -0.2) is 9.37 Å². The van der Waals surface area contributed by atoms with Crippen molar-refractivity contribution in [1.29, 1.82) is 0 Å². The van der Waals surface area contributed by atoms with E-state index in [9.17, 15) is 4.39 Å². The molecule has 1 heterocycles. The van der Waals surface area contributed by atoms with Crippen molar-refractivity contribution in [3.63, 3.8) is 0 Å². The standard InChI is InChI=1S/C12H14FN3S/c1-8(14)11(17-12-15-6-7-16-12)9-4-2-3-5-10(9)13/h2-8,11H,14H2,1H3,(H,15,16). The summed E-state index contributed by atoms with van der Waals surface area (Å²) in [4.78, 5) is 7.11. The Hall–Kier alpha value is -1.33. The van der Waals surface area contributed by atoms with E-state index in [4.69, 9.17) is 5.73 Å². The molecule has 3 nitrogen and oxygen atoms in total. The number of nitrogens with one attached hydrogen (secondary N) is 1. The fourth-order valence-corrected chi connectivity index (χ4v) is 2.63. The van der Waals surface area contributed by atoms with Crippen LogP contribution >= 0.6 is 11.8 Å². The van der Waals surface area contributed by atoms with Crippen LogP contribution in [-0.4, -0.2) is 16.0 Å². The van der Waals surface area contributed by atoms with Crippen LogP contribution in [0.2, 0.25) is 0 Å². The van der Waals surface area contributed by atoms with Gasteiger partial charge in [-0.05, 0) is 13.0 Å². The maximum absolute atomic E-state index is 13.7. The Bertz CT molecular complexity index is 470. The average Bonchev–Trinajstić information content (AvgIpc) is 2.79. The third-order valence-corrected chi connectivity index (χ3v) is 3.78. The zero-order valence-electron chi connectivity index (χ0n) is 9.43. The van der Waals surface area contributed by atoms with Crippen LogP contribution in [0.15, 0.2) is 41.8 Å². The number of hydrogen-bond donors (Lipinski definition) is 2. The molecule has 0 amide bonds. The molecular weight excluding hydrogens is 237 g/mol. The minimum atomic E-state index is -0.228. The number of hydrogen-bond acceptors (Lipinski definition) is 3. The van der Waals surface area contributed by atoms with Gasteiger partial charge in [0.2, 0.25) is 0 Å². The van der Waals surface area contributed by atoms with Crippen LogP contribution in [-0.2, 0) is 0 Å². The molecule has 17 heavy (non-hydrogen) atoms. The van der Waals surface area contributed by atoms with Gasteiger partial charge in [-0.2, -0.15) is 0 Å². The van der Waals surface area contributed by atoms with Gasteiger partial charge < -0.3 is 10.7 Å². The fraction of sp³-hybridized carbons (Fsp3) is 0.250. The van der Waals surface area contributed by atoms with Gasteiger partial charge in [0.05, 0.1) is 5.25 Å². The molecule has 0 bridgehead atoms. The zero-order valence-corrected chi connectivity index (χ0v) is 10.2. The van der Waals surface area contributed by atoms with E-state index in [2.05, 4.69) is 9.97 Å². The summed E-state index contributed by atoms with van der Waals surface area (Å²) in [7, 11) is 0. The summed E-state index contributed by atoms with van der Waals surface area (Å²) in [6.07, 6.45) is 3.41. The lowest BCUT2D eigenvalue weighted by Crippen LogP contribution is -2.23. The lowest BCUT2D eigenvalue weighted by molar-refractivity contribution is 0.592. The molecule has 0 saturated heterocycles. The number of benzene rings is 1. The first kappa shape index (κ1) is 12.1. The number of thioether (sulfide) groups is 1. The van der Waals surface area contributed by atoms with Crippen LogP contribution in [0, 0.1) is 5.82 Å². The van der Waals surface area contributed by atoms with E-state index in [-0.39, 0.29) is 17.1 Å². The molecule has 2 unspecified atom stereocenters. The molecule has 0 aliphatic heterocycles. The Morgan fingerprint density at radius 1 is 1.41 bits per heavy atom. The first-order chi connectivity index (χ1) is 8.18. The second kappa shape index (κ2) is 5.33. The molecule has 0 aliphatic rings. The topological polar surface area (TPSA) is 54.7 Å². The van der Waals surface area contributed by atoms with Gasteiger partial charge in [-0.1, -0.05) is 30.0 Å². The third-order valence-electron chi connectivity index (χ3n) is 2.40. The molecule has 0 saturated carbocycles. The van der Waals surface area contributed by atoms with Crippen molar-refractivity contribution < 1.29 is 4.39 Å². The Balaban J connectivity index is 2.27. The first-order valence-electron chi connectivity index (χ1n) is 5.34. The third kappa shape index (κ3) is 2.87. The molecule has 2 atom stereocenters. The Kier molecular flexibility index (Phi) is 3.81. The highest BCUT2D eigenvalue weighted by atomic mass is 32.2. The van der Waals surface area contributed by atoms with E-state index in [0.717, 1.165) is 5.16 Å². The molecule has 2 aromatic rings. The Morgan fingerprint density at radius 3 is 2.76 bits per heavy atom. The number of rotatable bonds is 4. The highest BCUT2D eigenvalue weighted by Crippen LogP contribution is 2.36. The van der Waals surface area contributed by atoms with Gasteiger partial charge in [-0.3, -0.25) is 0 Å². The summed E-state index contributed by atoms with van der Waals surface area (Å²) in [5, 5.41) is 0.595. The predicted molar refractivity (Wildman–Crippen MR) is 67.2 cm³/mol. The van der Waals surface area contributed by atoms with Crippen LogP contribution in [0.1, 0.15) is 17.7 Å². The monoisotopic (exact) mass is 251 g/mol. The van der Waals surface area contributed by atoms with Crippen molar-refractivity contribution in [3.8, 4) is 0 Å². The Morgan fingerprint density at radius 2 is 2.18 bits per heavy atom. The van der Waals surface area contributed by atoms with Crippen molar-refractivity contribution >= 4 is 11.8 Å². The van der Waals surface area contributed by atoms with Gasteiger partial charge in [0.25, 0.3) is 0 Å². The number of halogens is 1. The number of H-pyrrole nitrogens is 1. The van der Waals surface area contributed by atoms with Crippen molar-refractivity contribution in [2.24, 2.45) is 5.73 Å². The van der Waals surface area contributed by atoms with E-state index >= 15 is 0 Å². The molecule has 0 fully saturated rings. The maximum atomic E-state index is 13.7. The summed E-state index contributed by atoms with van der Waals surface area (Å²) in [6, 6.07) is 6.54. The summed E-state index contributed by atoms with van der Waals surface area (Å²) in [5.74, 6) is -0.228. The van der Waals surface area contributed by atoms with Crippen LogP contribution in [0.25, 0.3) is 0 Å². The van der Waals surface area contributed by atoms with Crippen LogP contribution in [0.3, 0.4) is 0 Å². The number of nitrogens with two attached hydrogens (primary N) is 1. The molecule has 90 valence electrons. The normalized spacial score (nSPS) is 14.5. The molecule has 5 heteroatoms. The lowest BCUT2D eigenvalue weighted by Gasteiger charge is -2.20. The van der Waals surface area contributed by atoms with Gasteiger partial charge in [0.15, 0.2) is 5.16 Å². The number of aromatic amines is 1. The largest absolute Gasteiger partial charge is 0.340 e. The van der Waals surface area contributed by atoms with Gasteiger partial charge in [-0.15, -0.1) is 0 Å². The molecular formula is C12H14FN3S. The molecule has 0 aliphatic carbocycles. The fourth-order valence-electron chi connectivity index (χ4n) is 1.60. The smallest absolute Gasteiger partial charge is 0.165 e. The minimum absolute atomic E-state index is 0.151. The van der Waals surface area contributed by atoms with Gasteiger partial charge >= 0.3 is 0 Å². The second-order valence-corrected chi connectivity index (χ2v) is 4.94. The van der Waals surface area contributed by atoms with Crippen LogP contribution in [0.4, 0.5) is 4.39 Å². The summed E-state index contributed by atoms with van der Waals surface area (Å²) < 4.78 is 13.7. The molecule has 0 radical (unpaired) electrons. The van der Waals surface area contributed by atoms with E-state index in [1.54, 1.807) is 24.5 Å².